The molecule has 27 heavy (non-hydrogen) atoms. The lowest BCUT2D eigenvalue weighted by molar-refractivity contribution is -0.133. The molecule has 1 aliphatic heterocycles. The van der Waals surface area contributed by atoms with E-state index >= 15 is 0 Å². The maximum atomic E-state index is 12.2. The van der Waals surface area contributed by atoms with Gasteiger partial charge in [0.1, 0.15) is 0 Å². The second-order valence-corrected chi connectivity index (χ2v) is 8.00. The summed E-state index contributed by atoms with van der Waals surface area (Å²) in [7, 11) is 0. The first-order valence-corrected chi connectivity index (χ1v) is 10.1. The molecule has 7 nitrogen and oxygen atoms in total. The van der Waals surface area contributed by atoms with Gasteiger partial charge in [-0.1, -0.05) is 20.8 Å². The number of hydrogen-bond acceptors (Lipinski definition) is 3. The number of nitrogens with zero attached hydrogens (tertiary/aromatic N) is 4. The van der Waals surface area contributed by atoms with Gasteiger partial charge in [-0.25, -0.2) is 0 Å². The molecule has 1 amide bonds. The third-order valence-corrected chi connectivity index (χ3v) is 4.83. The second kappa shape index (κ2) is 9.76. The van der Waals surface area contributed by atoms with Crippen LogP contribution in [0, 0.1) is 25.7 Å². The van der Waals surface area contributed by atoms with Crippen LogP contribution in [0.15, 0.2) is 11.1 Å². The highest BCUT2D eigenvalue weighted by Crippen LogP contribution is 2.13. The molecule has 2 atom stereocenters. The summed E-state index contributed by atoms with van der Waals surface area (Å²) in [5, 5.41) is 11.4. The summed E-state index contributed by atoms with van der Waals surface area (Å²) in [6.07, 6.45) is 0.962. The fraction of sp³-hybridized carbons (Fsp3) is 0.750. The largest absolute Gasteiger partial charge is 0.357 e. The van der Waals surface area contributed by atoms with Gasteiger partial charge in [0.15, 0.2) is 5.96 Å². The lowest BCUT2D eigenvalue weighted by atomic mass is 10.2. The standard InChI is InChI=1S/C20H36N6O/c1-7-21-20(23-18-8-9-25(13-18)19(27)14(2)3)22-11-15(4)12-26-17(6)10-16(5)24-26/h10,14-15,18H,7-9,11-13H2,1-6H3,(H2,21,22,23). The number of likely N-dealkylation sites (tertiary alicyclic amines) is 1. The van der Waals surface area contributed by atoms with Crippen molar-refractivity contribution in [2.24, 2.45) is 16.8 Å². The van der Waals surface area contributed by atoms with E-state index in [1.807, 2.05) is 25.7 Å². The SMILES string of the molecule is CCNC(=NCC(C)Cn1nc(C)cc1C)NC1CCN(C(=O)C(C)C)C1. The molecule has 2 unspecified atom stereocenters. The van der Waals surface area contributed by atoms with Crippen molar-refractivity contribution in [3.05, 3.63) is 17.5 Å². The molecule has 1 aromatic heterocycles. The molecule has 0 saturated carbocycles. The number of carbonyl (C=O) groups excluding carboxylic acids is 1. The highest BCUT2D eigenvalue weighted by atomic mass is 16.2. The number of aryl methyl sites for hydroxylation is 2. The van der Waals surface area contributed by atoms with E-state index in [4.69, 9.17) is 4.99 Å². The highest BCUT2D eigenvalue weighted by molar-refractivity contribution is 5.81. The third kappa shape index (κ3) is 6.26. The van der Waals surface area contributed by atoms with Crippen molar-refractivity contribution in [3.8, 4) is 0 Å². The molecule has 0 spiro atoms. The quantitative estimate of drug-likeness (QED) is 0.563. The van der Waals surface area contributed by atoms with Crippen LogP contribution < -0.4 is 10.6 Å². The lowest BCUT2D eigenvalue weighted by Crippen LogP contribution is -2.45. The molecule has 0 aromatic carbocycles. The minimum Gasteiger partial charge on any atom is -0.357 e. The molecule has 1 aliphatic rings. The number of aliphatic imine (C=N–C) groups is 1. The van der Waals surface area contributed by atoms with Gasteiger partial charge in [-0.3, -0.25) is 14.5 Å². The maximum absolute atomic E-state index is 12.2. The number of rotatable bonds is 7. The van der Waals surface area contributed by atoms with Gasteiger partial charge in [0.25, 0.3) is 0 Å². The number of carbonyl (C=O) groups is 1. The Hall–Kier alpha value is -2.05. The van der Waals surface area contributed by atoms with E-state index < -0.39 is 0 Å². The first-order valence-electron chi connectivity index (χ1n) is 10.1. The van der Waals surface area contributed by atoms with Crippen LogP contribution in [0.25, 0.3) is 0 Å². The van der Waals surface area contributed by atoms with E-state index in [1.165, 1.54) is 5.69 Å². The average molecular weight is 377 g/mol. The fourth-order valence-corrected chi connectivity index (χ4v) is 3.42. The summed E-state index contributed by atoms with van der Waals surface area (Å²) in [6.45, 7) is 16.3. The van der Waals surface area contributed by atoms with E-state index in [2.05, 4.69) is 47.3 Å². The zero-order chi connectivity index (χ0) is 20.0. The zero-order valence-corrected chi connectivity index (χ0v) is 17.7. The van der Waals surface area contributed by atoms with Crippen LogP contribution in [0.4, 0.5) is 0 Å². The minimum absolute atomic E-state index is 0.0564. The maximum Gasteiger partial charge on any atom is 0.225 e. The van der Waals surface area contributed by atoms with Crippen molar-refractivity contribution in [2.45, 2.75) is 60.5 Å². The summed E-state index contributed by atoms with van der Waals surface area (Å²) in [5.74, 6) is 1.52. The molecule has 1 saturated heterocycles. The van der Waals surface area contributed by atoms with Crippen molar-refractivity contribution in [1.82, 2.24) is 25.3 Å². The fourth-order valence-electron chi connectivity index (χ4n) is 3.42. The predicted octanol–water partition coefficient (Wildman–Crippen LogP) is 1.95. The van der Waals surface area contributed by atoms with Crippen molar-refractivity contribution in [3.63, 3.8) is 0 Å². The van der Waals surface area contributed by atoms with Gasteiger partial charge in [-0.05, 0) is 39.2 Å². The van der Waals surface area contributed by atoms with E-state index in [9.17, 15) is 4.79 Å². The molecular weight excluding hydrogens is 340 g/mol. The van der Waals surface area contributed by atoms with Crippen LogP contribution in [-0.2, 0) is 11.3 Å². The molecule has 1 fully saturated rings. The van der Waals surface area contributed by atoms with Crippen LogP contribution >= 0.6 is 0 Å². The summed E-state index contributed by atoms with van der Waals surface area (Å²) in [5.41, 5.74) is 2.24. The number of aromatic nitrogens is 2. The Morgan fingerprint density at radius 1 is 1.37 bits per heavy atom. The van der Waals surface area contributed by atoms with Crippen LogP contribution in [0.2, 0.25) is 0 Å². The smallest absolute Gasteiger partial charge is 0.225 e. The Balaban J connectivity index is 1.88. The van der Waals surface area contributed by atoms with E-state index in [0.717, 1.165) is 50.8 Å². The van der Waals surface area contributed by atoms with Gasteiger partial charge in [-0.15, -0.1) is 0 Å². The monoisotopic (exact) mass is 376 g/mol. The Morgan fingerprint density at radius 3 is 2.70 bits per heavy atom. The Bertz CT molecular complexity index is 651. The molecule has 2 N–H and O–H groups in total. The molecule has 1 aromatic rings. The molecule has 0 bridgehead atoms. The third-order valence-electron chi connectivity index (χ3n) is 4.83. The highest BCUT2D eigenvalue weighted by Gasteiger charge is 2.27. The van der Waals surface area contributed by atoms with Gasteiger partial charge in [-0.2, -0.15) is 5.10 Å². The molecule has 7 heteroatoms. The topological polar surface area (TPSA) is 74.6 Å². The van der Waals surface area contributed by atoms with Crippen LogP contribution in [0.3, 0.4) is 0 Å². The Kier molecular flexibility index (Phi) is 7.68. The molecule has 2 heterocycles. The van der Waals surface area contributed by atoms with E-state index in [0.29, 0.717) is 5.92 Å². The van der Waals surface area contributed by atoms with Crippen LogP contribution in [-0.4, -0.2) is 58.8 Å². The van der Waals surface area contributed by atoms with Crippen molar-refractivity contribution in [1.29, 1.82) is 0 Å². The minimum atomic E-state index is 0.0564. The van der Waals surface area contributed by atoms with Crippen LogP contribution in [0.1, 0.15) is 45.5 Å². The molecule has 2 rings (SSSR count). The van der Waals surface area contributed by atoms with Crippen LogP contribution in [0.5, 0.6) is 0 Å². The summed E-state index contributed by atoms with van der Waals surface area (Å²) in [6, 6.07) is 2.36. The van der Waals surface area contributed by atoms with Gasteiger partial charge in [0, 0.05) is 50.4 Å². The first-order chi connectivity index (χ1) is 12.8. The normalized spacial score (nSPS) is 18.9. The number of amides is 1. The summed E-state index contributed by atoms with van der Waals surface area (Å²) in [4.78, 5) is 18.9. The van der Waals surface area contributed by atoms with E-state index in [1.54, 1.807) is 0 Å². The molecule has 152 valence electrons. The van der Waals surface area contributed by atoms with Crippen molar-refractivity contribution in [2.75, 3.05) is 26.2 Å². The second-order valence-electron chi connectivity index (χ2n) is 8.00. The molecular formula is C20H36N6O. The van der Waals surface area contributed by atoms with Crippen molar-refractivity contribution >= 4 is 11.9 Å². The van der Waals surface area contributed by atoms with E-state index in [-0.39, 0.29) is 17.9 Å². The average Bonchev–Trinajstić information content (AvgIpc) is 3.18. The summed E-state index contributed by atoms with van der Waals surface area (Å²) >= 11 is 0. The Morgan fingerprint density at radius 2 is 2.11 bits per heavy atom. The Labute approximate surface area is 163 Å². The molecule has 0 radical (unpaired) electrons. The predicted molar refractivity (Wildman–Crippen MR) is 110 cm³/mol. The molecule has 0 aliphatic carbocycles. The van der Waals surface area contributed by atoms with Gasteiger partial charge in [0.05, 0.1) is 5.69 Å². The zero-order valence-electron chi connectivity index (χ0n) is 17.7. The number of guanidine groups is 1. The summed E-state index contributed by atoms with van der Waals surface area (Å²) < 4.78 is 2.06. The number of nitrogens with one attached hydrogen (secondary N) is 2. The number of hydrogen-bond donors (Lipinski definition) is 2. The van der Waals surface area contributed by atoms with Gasteiger partial charge >= 0.3 is 0 Å². The van der Waals surface area contributed by atoms with Gasteiger partial charge in [0.2, 0.25) is 5.91 Å². The lowest BCUT2D eigenvalue weighted by Gasteiger charge is -2.20. The van der Waals surface area contributed by atoms with Gasteiger partial charge < -0.3 is 15.5 Å². The first kappa shape index (κ1) is 21.3. The van der Waals surface area contributed by atoms with Crippen molar-refractivity contribution < 1.29 is 4.79 Å².